The van der Waals surface area contributed by atoms with Gasteiger partial charge in [-0.25, -0.2) is 4.39 Å². The molecular formula is C10H7FO2S. The number of benzene rings is 1. The lowest BCUT2D eigenvalue weighted by Gasteiger charge is -2.05. The second-order valence-corrected chi connectivity index (χ2v) is 3.68. The van der Waals surface area contributed by atoms with Crippen LogP contribution >= 0.6 is 11.3 Å². The molecule has 1 aromatic carbocycles. The molecule has 0 aliphatic carbocycles. The molecule has 0 amide bonds. The van der Waals surface area contributed by atoms with E-state index >= 15 is 0 Å². The monoisotopic (exact) mass is 210 g/mol. The molecule has 0 unspecified atom stereocenters. The molecule has 0 radical (unpaired) electrons. The van der Waals surface area contributed by atoms with Crippen molar-refractivity contribution in [1.82, 2.24) is 0 Å². The second kappa shape index (κ2) is 3.38. The summed E-state index contributed by atoms with van der Waals surface area (Å²) in [6.07, 6.45) is 0.626. The maximum Gasteiger partial charge on any atom is 0.166 e. The first-order chi connectivity index (χ1) is 6.77. The van der Waals surface area contributed by atoms with Crippen LogP contribution in [0.3, 0.4) is 0 Å². The SMILES string of the molecule is COc1c(F)cc2ccsc2c1C=O. The van der Waals surface area contributed by atoms with Gasteiger partial charge in [0.05, 0.1) is 12.7 Å². The fraction of sp³-hybridized carbons (Fsp3) is 0.100. The van der Waals surface area contributed by atoms with Crippen molar-refractivity contribution in [2.24, 2.45) is 0 Å². The van der Waals surface area contributed by atoms with Crippen molar-refractivity contribution in [3.05, 3.63) is 28.9 Å². The lowest BCUT2D eigenvalue weighted by molar-refractivity contribution is 0.112. The number of carbonyl (C=O) groups is 1. The average molecular weight is 210 g/mol. The van der Waals surface area contributed by atoms with Crippen molar-refractivity contribution in [2.75, 3.05) is 7.11 Å². The van der Waals surface area contributed by atoms with Gasteiger partial charge in [0, 0.05) is 4.70 Å². The number of carbonyl (C=O) groups excluding carboxylic acids is 1. The minimum atomic E-state index is -0.500. The van der Waals surface area contributed by atoms with Gasteiger partial charge in [-0.15, -0.1) is 11.3 Å². The van der Waals surface area contributed by atoms with Crippen LogP contribution in [0.5, 0.6) is 5.75 Å². The van der Waals surface area contributed by atoms with E-state index < -0.39 is 5.82 Å². The molecule has 14 heavy (non-hydrogen) atoms. The first-order valence-electron chi connectivity index (χ1n) is 3.96. The third-order valence-electron chi connectivity index (χ3n) is 2.01. The number of aldehydes is 1. The molecule has 0 atom stereocenters. The number of hydrogen-bond acceptors (Lipinski definition) is 3. The van der Waals surface area contributed by atoms with Crippen molar-refractivity contribution in [2.45, 2.75) is 0 Å². The Labute approximate surface area is 83.9 Å². The van der Waals surface area contributed by atoms with Crippen LogP contribution in [-0.4, -0.2) is 13.4 Å². The van der Waals surface area contributed by atoms with E-state index in [0.717, 1.165) is 10.1 Å². The number of fused-ring (bicyclic) bond motifs is 1. The van der Waals surface area contributed by atoms with Crippen LogP contribution in [-0.2, 0) is 0 Å². The van der Waals surface area contributed by atoms with Crippen molar-refractivity contribution >= 4 is 27.7 Å². The molecule has 4 heteroatoms. The van der Waals surface area contributed by atoms with E-state index in [1.807, 2.05) is 5.38 Å². The molecule has 72 valence electrons. The number of rotatable bonds is 2. The molecule has 0 bridgehead atoms. The van der Waals surface area contributed by atoms with Crippen LogP contribution in [0, 0.1) is 5.82 Å². The van der Waals surface area contributed by atoms with Crippen molar-refractivity contribution in [1.29, 1.82) is 0 Å². The van der Waals surface area contributed by atoms with Crippen LogP contribution in [0.25, 0.3) is 10.1 Å². The molecule has 0 N–H and O–H groups in total. The standard InChI is InChI=1S/C10H7FO2S/c1-13-9-7(5-12)10-6(2-3-14-10)4-8(9)11/h2-5H,1H3. The number of methoxy groups -OCH3 is 1. The molecule has 1 aromatic heterocycles. The van der Waals surface area contributed by atoms with Crippen molar-refractivity contribution in [3.8, 4) is 5.75 Å². The molecule has 0 fully saturated rings. The topological polar surface area (TPSA) is 26.3 Å². The Kier molecular flexibility index (Phi) is 2.21. The zero-order valence-corrected chi connectivity index (χ0v) is 8.23. The highest BCUT2D eigenvalue weighted by molar-refractivity contribution is 7.17. The minimum Gasteiger partial charge on any atom is -0.493 e. The smallest absolute Gasteiger partial charge is 0.166 e. The third kappa shape index (κ3) is 1.19. The molecule has 0 saturated carbocycles. The first-order valence-corrected chi connectivity index (χ1v) is 4.84. The van der Waals surface area contributed by atoms with Crippen molar-refractivity contribution < 1.29 is 13.9 Å². The molecule has 0 aliphatic heterocycles. The fourth-order valence-corrected chi connectivity index (χ4v) is 2.28. The maximum atomic E-state index is 13.4. The summed E-state index contributed by atoms with van der Waals surface area (Å²) in [5, 5.41) is 2.55. The molecule has 2 rings (SSSR count). The second-order valence-electron chi connectivity index (χ2n) is 2.76. The molecule has 0 spiro atoms. The zero-order valence-electron chi connectivity index (χ0n) is 7.41. The van der Waals surface area contributed by atoms with E-state index in [-0.39, 0.29) is 11.3 Å². The van der Waals surface area contributed by atoms with E-state index in [0.29, 0.717) is 6.29 Å². The average Bonchev–Trinajstić information content (AvgIpc) is 2.62. The van der Waals surface area contributed by atoms with Crippen LogP contribution in [0.15, 0.2) is 17.5 Å². The first kappa shape index (κ1) is 9.15. The van der Waals surface area contributed by atoms with E-state index in [1.165, 1.54) is 24.5 Å². The zero-order chi connectivity index (χ0) is 10.1. The highest BCUT2D eigenvalue weighted by Crippen LogP contribution is 2.32. The van der Waals surface area contributed by atoms with Crippen LogP contribution in [0.4, 0.5) is 4.39 Å². The van der Waals surface area contributed by atoms with Gasteiger partial charge in [-0.2, -0.15) is 0 Å². The van der Waals surface area contributed by atoms with Gasteiger partial charge >= 0.3 is 0 Å². The number of thiophene rings is 1. The molecule has 0 aliphatic rings. The quantitative estimate of drug-likeness (QED) is 0.712. The summed E-state index contributed by atoms with van der Waals surface area (Å²) in [6, 6.07) is 3.15. The van der Waals surface area contributed by atoms with Crippen molar-refractivity contribution in [3.63, 3.8) is 0 Å². The molecule has 1 heterocycles. The van der Waals surface area contributed by atoms with E-state index in [4.69, 9.17) is 4.74 Å². The summed E-state index contributed by atoms with van der Waals surface area (Å²) >= 11 is 1.40. The van der Waals surface area contributed by atoms with Gasteiger partial charge in [0.25, 0.3) is 0 Å². The highest BCUT2D eigenvalue weighted by atomic mass is 32.1. The van der Waals surface area contributed by atoms with Gasteiger partial charge in [-0.1, -0.05) is 0 Å². The van der Waals surface area contributed by atoms with Gasteiger partial charge in [-0.05, 0) is 22.9 Å². The number of ether oxygens (including phenoxy) is 1. The predicted octanol–water partition coefficient (Wildman–Crippen LogP) is 2.86. The normalized spacial score (nSPS) is 10.4. The Morgan fingerprint density at radius 3 is 3.00 bits per heavy atom. The van der Waals surface area contributed by atoms with Crippen LogP contribution in [0.2, 0.25) is 0 Å². The Hall–Kier alpha value is -1.42. The Morgan fingerprint density at radius 1 is 1.57 bits per heavy atom. The largest absolute Gasteiger partial charge is 0.493 e. The van der Waals surface area contributed by atoms with E-state index in [1.54, 1.807) is 6.07 Å². The summed E-state index contributed by atoms with van der Waals surface area (Å²) in [5.41, 5.74) is 0.289. The lowest BCUT2D eigenvalue weighted by atomic mass is 10.1. The van der Waals surface area contributed by atoms with E-state index in [9.17, 15) is 9.18 Å². The Balaban J connectivity index is 2.88. The highest BCUT2D eigenvalue weighted by Gasteiger charge is 2.14. The number of halogens is 1. The van der Waals surface area contributed by atoms with Crippen LogP contribution in [0.1, 0.15) is 10.4 Å². The summed E-state index contributed by atoms with van der Waals surface area (Å²) in [7, 11) is 1.35. The fourth-order valence-electron chi connectivity index (χ4n) is 1.40. The molecule has 2 nitrogen and oxygen atoms in total. The number of hydrogen-bond donors (Lipinski definition) is 0. The molecule has 2 aromatic rings. The summed E-state index contributed by atoms with van der Waals surface area (Å²) in [5.74, 6) is -0.476. The molecule has 0 saturated heterocycles. The Bertz CT molecular complexity index is 490. The third-order valence-corrected chi connectivity index (χ3v) is 2.97. The summed E-state index contributed by atoms with van der Waals surface area (Å²) < 4.78 is 19.0. The lowest BCUT2D eigenvalue weighted by Crippen LogP contribution is -1.94. The maximum absolute atomic E-state index is 13.4. The van der Waals surface area contributed by atoms with Gasteiger partial charge in [0.15, 0.2) is 17.9 Å². The summed E-state index contributed by atoms with van der Waals surface area (Å²) in [6.45, 7) is 0. The predicted molar refractivity (Wildman–Crippen MR) is 53.7 cm³/mol. The van der Waals surface area contributed by atoms with Gasteiger partial charge in [-0.3, -0.25) is 4.79 Å². The van der Waals surface area contributed by atoms with Gasteiger partial charge in [0.1, 0.15) is 0 Å². The van der Waals surface area contributed by atoms with Gasteiger partial charge < -0.3 is 4.74 Å². The molecular weight excluding hydrogens is 203 g/mol. The van der Waals surface area contributed by atoms with E-state index in [2.05, 4.69) is 0 Å². The minimum absolute atomic E-state index is 0.0231. The van der Waals surface area contributed by atoms with Gasteiger partial charge in [0.2, 0.25) is 0 Å². The summed E-state index contributed by atoms with van der Waals surface area (Å²) in [4.78, 5) is 10.8. The van der Waals surface area contributed by atoms with Crippen LogP contribution < -0.4 is 4.74 Å². The Morgan fingerprint density at radius 2 is 2.36 bits per heavy atom.